The number of amides is 2. The van der Waals surface area contributed by atoms with Gasteiger partial charge in [-0.25, -0.2) is 0 Å². The maximum Gasteiger partial charge on any atom is 0.293 e. The zero-order valence-electron chi connectivity index (χ0n) is 17.1. The van der Waals surface area contributed by atoms with Crippen LogP contribution in [0.25, 0.3) is 0 Å². The molecule has 2 amide bonds. The summed E-state index contributed by atoms with van der Waals surface area (Å²) in [4.78, 5) is 39.0. The summed E-state index contributed by atoms with van der Waals surface area (Å²) in [6.07, 6.45) is 0. The highest BCUT2D eigenvalue weighted by molar-refractivity contribution is 6.42. The Bertz CT molecular complexity index is 1020. The molecule has 0 unspecified atom stereocenters. The average Bonchev–Trinajstić information content (AvgIpc) is 2.75. The molecular weight excluding hydrogens is 443 g/mol. The molecule has 1 aliphatic rings. The fraction of sp³-hybridized carbons (Fsp3) is 0.333. The highest BCUT2D eigenvalue weighted by Crippen LogP contribution is 2.31. The summed E-state index contributed by atoms with van der Waals surface area (Å²) in [6.45, 7) is 5.26. The third kappa shape index (κ3) is 5.26. The number of hydrogen-bond acceptors (Lipinski definition) is 5. The van der Waals surface area contributed by atoms with Crippen molar-refractivity contribution < 1.29 is 14.5 Å². The highest BCUT2D eigenvalue weighted by atomic mass is 35.5. The van der Waals surface area contributed by atoms with Gasteiger partial charge in [-0.3, -0.25) is 19.7 Å². The molecule has 0 aliphatic carbocycles. The predicted molar refractivity (Wildman–Crippen MR) is 120 cm³/mol. The van der Waals surface area contributed by atoms with E-state index in [1.807, 2.05) is 4.90 Å². The van der Waals surface area contributed by atoms with Gasteiger partial charge in [0.2, 0.25) is 5.91 Å². The smallest absolute Gasteiger partial charge is 0.293 e. The molecule has 0 bridgehead atoms. The largest absolute Gasteiger partial charge is 0.362 e. The number of rotatable bonds is 5. The van der Waals surface area contributed by atoms with Crippen LogP contribution in [0.1, 0.15) is 35.8 Å². The lowest BCUT2D eigenvalue weighted by molar-refractivity contribution is -0.384. The zero-order valence-corrected chi connectivity index (χ0v) is 18.6. The number of piperazine rings is 1. The number of nitro benzene ring substituents is 1. The van der Waals surface area contributed by atoms with Gasteiger partial charge in [-0.2, -0.15) is 0 Å². The molecule has 1 fully saturated rings. The lowest BCUT2D eigenvalue weighted by atomic mass is 10.1. The van der Waals surface area contributed by atoms with Gasteiger partial charge in [-0.1, -0.05) is 29.3 Å². The summed E-state index contributed by atoms with van der Waals surface area (Å²) < 4.78 is 0. The molecular formula is C21H22Cl2N4O4. The molecule has 1 saturated heterocycles. The van der Waals surface area contributed by atoms with Crippen LogP contribution in [-0.4, -0.2) is 47.8 Å². The number of carbonyl (C=O) groups is 2. The lowest BCUT2D eigenvalue weighted by Gasteiger charge is -2.35. The second kappa shape index (κ2) is 9.53. The van der Waals surface area contributed by atoms with Gasteiger partial charge in [-0.05, 0) is 36.8 Å². The Hall–Kier alpha value is -2.84. The summed E-state index contributed by atoms with van der Waals surface area (Å²) in [5.74, 6) is -0.452. The highest BCUT2D eigenvalue weighted by Gasteiger charge is 2.26. The Balaban J connectivity index is 1.77. The van der Waals surface area contributed by atoms with Crippen molar-refractivity contribution in [2.45, 2.75) is 19.9 Å². The second-order valence-electron chi connectivity index (χ2n) is 7.32. The molecule has 3 rings (SSSR count). The molecule has 0 aromatic heterocycles. The van der Waals surface area contributed by atoms with E-state index in [0.717, 1.165) is 5.56 Å². The molecule has 1 N–H and O–H groups in total. The number of carbonyl (C=O) groups excluding carboxylic acids is 2. The minimum Gasteiger partial charge on any atom is -0.362 e. The van der Waals surface area contributed by atoms with Crippen LogP contribution in [0.3, 0.4) is 0 Å². The van der Waals surface area contributed by atoms with Crippen LogP contribution >= 0.6 is 23.2 Å². The van der Waals surface area contributed by atoms with E-state index in [9.17, 15) is 19.7 Å². The van der Waals surface area contributed by atoms with E-state index in [2.05, 4.69) is 5.32 Å². The Labute approximate surface area is 189 Å². The van der Waals surface area contributed by atoms with E-state index in [1.54, 1.807) is 42.2 Å². The van der Waals surface area contributed by atoms with Crippen molar-refractivity contribution in [3.05, 3.63) is 67.7 Å². The number of anilines is 1. The number of nitro groups is 1. The standard InChI is InChI=1S/C21H22Cl2N4O4/c1-13(15-3-5-17(22)18(23)11-15)24-21(29)16-4-6-19(20(12-16)27(30)31)26-9-7-25(8-10-26)14(2)28/h3-6,11-13H,7-10H2,1-2H3,(H,24,29)/t13-/m0/s1. The monoisotopic (exact) mass is 464 g/mol. The third-order valence-corrected chi connectivity index (χ3v) is 6.03. The minimum atomic E-state index is -0.494. The SMILES string of the molecule is CC(=O)N1CCN(c2ccc(C(=O)N[C@@H](C)c3ccc(Cl)c(Cl)c3)cc2[N+](=O)[O-])CC1. The summed E-state index contributed by atoms with van der Waals surface area (Å²) in [5, 5.41) is 15.3. The van der Waals surface area contributed by atoms with Crippen LogP contribution < -0.4 is 10.2 Å². The van der Waals surface area contributed by atoms with E-state index in [1.165, 1.54) is 13.0 Å². The Morgan fingerprint density at radius 2 is 1.74 bits per heavy atom. The van der Waals surface area contributed by atoms with Gasteiger partial charge in [0.15, 0.2) is 0 Å². The maximum atomic E-state index is 12.7. The first-order chi connectivity index (χ1) is 14.7. The van der Waals surface area contributed by atoms with Gasteiger partial charge in [0.05, 0.1) is 21.0 Å². The molecule has 164 valence electrons. The molecule has 10 heteroatoms. The van der Waals surface area contributed by atoms with Crippen molar-refractivity contribution in [3.63, 3.8) is 0 Å². The fourth-order valence-electron chi connectivity index (χ4n) is 3.49. The molecule has 1 atom stereocenters. The van der Waals surface area contributed by atoms with Crippen LogP contribution in [0.2, 0.25) is 10.0 Å². The summed E-state index contributed by atoms with van der Waals surface area (Å²) in [5.41, 5.74) is 1.23. The van der Waals surface area contributed by atoms with Gasteiger partial charge >= 0.3 is 0 Å². The molecule has 0 spiro atoms. The summed E-state index contributed by atoms with van der Waals surface area (Å²) in [7, 11) is 0. The number of halogens is 2. The molecule has 0 saturated carbocycles. The first-order valence-corrected chi connectivity index (χ1v) is 10.5. The van der Waals surface area contributed by atoms with E-state index >= 15 is 0 Å². The average molecular weight is 465 g/mol. The number of nitrogens with one attached hydrogen (secondary N) is 1. The van der Waals surface area contributed by atoms with Crippen molar-refractivity contribution in [1.82, 2.24) is 10.2 Å². The molecule has 2 aromatic carbocycles. The molecule has 31 heavy (non-hydrogen) atoms. The van der Waals surface area contributed by atoms with Crippen LogP contribution in [0.15, 0.2) is 36.4 Å². The van der Waals surface area contributed by atoms with Crippen LogP contribution in [-0.2, 0) is 4.79 Å². The number of nitrogens with zero attached hydrogens (tertiary/aromatic N) is 3. The first-order valence-electron chi connectivity index (χ1n) is 9.72. The van der Waals surface area contributed by atoms with Crippen molar-refractivity contribution >= 4 is 46.4 Å². The predicted octanol–water partition coefficient (Wildman–Crippen LogP) is 4.06. The van der Waals surface area contributed by atoms with E-state index < -0.39 is 10.8 Å². The molecule has 1 heterocycles. The van der Waals surface area contributed by atoms with E-state index in [0.29, 0.717) is 41.9 Å². The Morgan fingerprint density at radius 3 is 2.32 bits per heavy atom. The minimum absolute atomic E-state index is 0.0164. The number of hydrogen-bond donors (Lipinski definition) is 1. The van der Waals surface area contributed by atoms with Gasteiger partial charge < -0.3 is 15.1 Å². The second-order valence-corrected chi connectivity index (χ2v) is 8.14. The van der Waals surface area contributed by atoms with Crippen molar-refractivity contribution in [1.29, 1.82) is 0 Å². The van der Waals surface area contributed by atoms with Gasteiger partial charge in [0.1, 0.15) is 5.69 Å². The maximum absolute atomic E-state index is 12.7. The van der Waals surface area contributed by atoms with Crippen molar-refractivity contribution in [3.8, 4) is 0 Å². The quantitative estimate of drug-likeness (QED) is 0.531. The molecule has 0 radical (unpaired) electrons. The van der Waals surface area contributed by atoms with Crippen molar-refractivity contribution in [2.24, 2.45) is 0 Å². The third-order valence-electron chi connectivity index (χ3n) is 5.29. The van der Waals surface area contributed by atoms with Crippen molar-refractivity contribution in [2.75, 3.05) is 31.1 Å². The van der Waals surface area contributed by atoms with Crippen LogP contribution in [0.5, 0.6) is 0 Å². The van der Waals surface area contributed by atoms with E-state index in [4.69, 9.17) is 23.2 Å². The normalized spacial score (nSPS) is 14.8. The topological polar surface area (TPSA) is 95.8 Å². The fourth-order valence-corrected chi connectivity index (χ4v) is 3.79. The van der Waals surface area contributed by atoms with Crippen LogP contribution in [0, 0.1) is 10.1 Å². The van der Waals surface area contributed by atoms with Gasteiger partial charge in [0.25, 0.3) is 11.6 Å². The molecule has 1 aliphatic heterocycles. The lowest BCUT2D eigenvalue weighted by Crippen LogP contribution is -2.48. The first kappa shape index (κ1) is 22.8. The molecule has 8 nitrogen and oxygen atoms in total. The Morgan fingerprint density at radius 1 is 1.06 bits per heavy atom. The zero-order chi connectivity index (χ0) is 22.7. The van der Waals surface area contributed by atoms with Gasteiger partial charge in [0, 0.05) is 44.7 Å². The summed E-state index contributed by atoms with van der Waals surface area (Å²) in [6, 6.07) is 9.13. The molecule has 2 aromatic rings. The van der Waals surface area contributed by atoms with Gasteiger partial charge in [-0.15, -0.1) is 0 Å². The Kier molecular flexibility index (Phi) is 7.02. The number of benzene rings is 2. The summed E-state index contributed by atoms with van der Waals surface area (Å²) >= 11 is 12.0. The van der Waals surface area contributed by atoms with Crippen LogP contribution in [0.4, 0.5) is 11.4 Å². The van der Waals surface area contributed by atoms with E-state index in [-0.39, 0.29) is 23.2 Å².